The van der Waals surface area contributed by atoms with Gasteiger partial charge in [0.1, 0.15) is 0 Å². The van der Waals surface area contributed by atoms with E-state index in [4.69, 9.17) is 0 Å². The molecule has 0 atom stereocenters. The summed E-state index contributed by atoms with van der Waals surface area (Å²) in [5.74, 6) is 0. The molecular formula is C16H17N. The van der Waals surface area contributed by atoms with Crippen LogP contribution >= 0.6 is 0 Å². The highest BCUT2D eigenvalue weighted by Gasteiger charge is 1.98. The van der Waals surface area contributed by atoms with Crippen molar-refractivity contribution in [1.29, 1.82) is 0 Å². The molecule has 0 aliphatic carbocycles. The third-order valence-electron chi connectivity index (χ3n) is 2.75. The molecule has 1 N–H and O–H groups in total. The van der Waals surface area contributed by atoms with Gasteiger partial charge >= 0.3 is 0 Å². The minimum absolute atomic E-state index is 0.813. The number of nitrogens with one attached hydrogen (secondary N) is 1. The second kappa shape index (κ2) is 5.35. The fourth-order valence-electron chi connectivity index (χ4n) is 1.66. The fourth-order valence-corrected chi connectivity index (χ4v) is 1.66. The fraction of sp³-hybridized carbons (Fsp3) is 0.125. The third-order valence-corrected chi connectivity index (χ3v) is 2.75. The van der Waals surface area contributed by atoms with Crippen LogP contribution in [0.4, 0.5) is 0 Å². The molecule has 1 nitrogen and oxygen atoms in total. The predicted octanol–water partition coefficient (Wildman–Crippen LogP) is 3.76. The number of aryl methyl sites for hydroxylation is 1. The molecule has 0 spiro atoms. The van der Waals surface area contributed by atoms with Gasteiger partial charge < -0.3 is 5.32 Å². The average molecular weight is 223 g/mol. The largest absolute Gasteiger partial charge is 0.381 e. The van der Waals surface area contributed by atoms with E-state index >= 15 is 0 Å². The lowest BCUT2D eigenvalue weighted by Gasteiger charge is -2.10. The van der Waals surface area contributed by atoms with Crippen LogP contribution in [-0.4, -0.2) is 0 Å². The van der Waals surface area contributed by atoms with E-state index in [1.165, 1.54) is 11.1 Å². The van der Waals surface area contributed by atoms with Crippen LogP contribution in [0.5, 0.6) is 0 Å². The first-order valence-corrected chi connectivity index (χ1v) is 5.79. The van der Waals surface area contributed by atoms with Crippen LogP contribution in [0.25, 0.3) is 5.70 Å². The number of rotatable bonds is 4. The van der Waals surface area contributed by atoms with Crippen LogP contribution in [0.15, 0.2) is 61.2 Å². The molecule has 0 saturated heterocycles. The SMILES string of the molecule is C=C(NCc1ccccc1)c1ccc(C)cc1. The topological polar surface area (TPSA) is 12.0 Å². The highest BCUT2D eigenvalue weighted by atomic mass is 14.9. The molecule has 2 aromatic rings. The first-order valence-electron chi connectivity index (χ1n) is 5.79. The molecule has 0 aliphatic heterocycles. The summed E-state index contributed by atoms with van der Waals surface area (Å²) in [6, 6.07) is 18.7. The van der Waals surface area contributed by atoms with Crippen LogP contribution in [0.3, 0.4) is 0 Å². The molecular weight excluding hydrogens is 206 g/mol. The Bertz CT molecular complexity index is 483. The Morgan fingerprint density at radius 1 is 1.00 bits per heavy atom. The molecule has 1 heteroatoms. The maximum absolute atomic E-state index is 4.06. The number of benzene rings is 2. The lowest BCUT2D eigenvalue weighted by Crippen LogP contribution is -2.10. The van der Waals surface area contributed by atoms with Crippen LogP contribution in [0, 0.1) is 6.92 Å². The lowest BCUT2D eigenvalue weighted by atomic mass is 10.1. The van der Waals surface area contributed by atoms with Gasteiger partial charge in [-0.15, -0.1) is 0 Å². The average Bonchev–Trinajstić information content (AvgIpc) is 2.38. The Morgan fingerprint density at radius 2 is 1.65 bits per heavy atom. The van der Waals surface area contributed by atoms with Crippen molar-refractivity contribution in [3.63, 3.8) is 0 Å². The van der Waals surface area contributed by atoms with Gasteiger partial charge in [0.15, 0.2) is 0 Å². The Morgan fingerprint density at radius 3 is 2.29 bits per heavy atom. The molecule has 0 amide bonds. The number of hydrogen-bond acceptors (Lipinski definition) is 1. The molecule has 86 valence electrons. The summed E-state index contributed by atoms with van der Waals surface area (Å²) >= 11 is 0. The first-order chi connectivity index (χ1) is 8.25. The predicted molar refractivity (Wildman–Crippen MR) is 73.5 cm³/mol. The van der Waals surface area contributed by atoms with Gasteiger partial charge in [-0.2, -0.15) is 0 Å². The van der Waals surface area contributed by atoms with Crippen molar-refractivity contribution in [2.45, 2.75) is 13.5 Å². The summed E-state index contributed by atoms with van der Waals surface area (Å²) in [6.45, 7) is 6.96. The van der Waals surface area contributed by atoms with Crippen LogP contribution in [-0.2, 0) is 6.54 Å². The Labute approximate surface area is 103 Å². The van der Waals surface area contributed by atoms with Crippen molar-refractivity contribution in [2.24, 2.45) is 0 Å². The molecule has 0 saturated carbocycles. The van der Waals surface area contributed by atoms with Crippen molar-refractivity contribution >= 4 is 5.70 Å². The zero-order valence-corrected chi connectivity index (χ0v) is 10.1. The first kappa shape index (κ1) is 11.5. The zero-order chi connectivity index (χ0) is 12.1. The molecule has 17 heavy (non-hydrogen) atoms. The van der Waals surface area contributed by atoms with E-state index in [1.54, 1.807) is 0 Å². The van der Waals surface area contributed by atoms with E-state index in [0.717, 1.165) is 17.8 Å². The second-order valence-corrected chi connectivity index (χ2v) is 4.18. The lowest BCUT2D eigenvalue weighted by molar-refractivity contribution is 0.892. The smallest absolute Gasteiger partial charge is 0.0400 e. The molecule has 0 radical (unpaired) electrons. The van der Waals surface area contributed by atoms with Gasteiger partial charge in [-0.1, -0.05) is 66.7 Å². The third kappa shape index (κ3) is 3.22. The molecule has 0 unspecified atom stereocenters. The van der Waals surface area contributed by atoms with Gasteiger partial charge in [-0.05, 0) is 18.1 Å². The second-order valence-electron chi connectivity index (χ2n) is 4.18. The standard InChI is InChI=1S/C16H17N/c1-13-8-10-16(11-9-13)14(2)17-12-15-6-4-3-5-7-15/h3-11,17H,2,12H2,1H3. The molecule has 0 heterocycles. The van der Waals surface area contributed by atoms with Crippen molar-refractivity contribution in [2.75, 3.05) is 0 Å². The van der Waals surface area contributed by atoms with Gasteiger partial charge in [0.05, 0.1) is 0 Å². The monoisotopic (exact) mass is 223 g/mol. The Balaban J connectivity index is 1.96. The maximum atomic E-state index is 4.06. The summed E-state index contributed by atoms with van der Waals surface area (Å²) in [6.07, 6.45) is 0. The Kier molecular flexibility index (Phi) is 3.61. The molecule has 0 aliphatic rings. The van der Waals surface area contributed by atoms with E-state index in [9.17, 15) is 0 Å². The van der Waals surface area contributed by atoms with Crippen molar-refractivity contribution in [1.82, 2.24) is 5.32 Å². The summed E-state index contributed by atoms with van der Waals surface area (Å²) in [5.41, 5.74) is 4.64. The highest BCUT2D eigenvalue weighted by molar-refractivity contribution is 5.61. The van der Waals surface area contributed by atoms with Crippen LogP contribution in [0.2, 0.25) is 0 Å². The van der Waals surface area contributed by atoms with E-state index in [0.29, 0.717) is 0 Å². The minimum atomic E-state index is 0.813. The molecule has 0 bridgehead atoms. The summed E-state index contributed by atoms with van der Waals surface area (Å²) < 4.78 is 0. The molecule has 0 aromatic heterocycles. The normalized spacial score (nSPS) is 9.94. The van der Waals surface area contributed by atoms with E-state index < -0.39 is 0 Å². The summed E-state index contributed by atoms with van der Waals surface area (Å²) in [7, 11) is 0. The quantitative estimate of drug-likeness (QED) is 0.832. The van der Waals surface area contributed by atoms with Gasteiger partial charge in [0.2, 0.25) is 0 Å². The van der Waals surface area contributed by atoms with Crippen molar-refractivity contribution < 1.29 is 0 Å². The summed E-state index contributed by atoms with van der Waals surface area (Å²) in [5, 5.41) is 3.34. The van der Waals surface area contributed by atoms with Crippen molar-refractivity contribution in [3.05, 3.63) is 77.9 Å². The van der Waals surface area contributed by atoms with Crippen LogP contribution in [0.1, 0.15) is 16.7 Å². The molecule has 2 rings (SSSR count). The van der Waals surface area contributed by atoms with Gasteiger partial charge in [-0.3, -0.25) is 0 Å². The maximum Gasteiger partial charge on any atom is 0.0400 e. The van der Waals surface area contributed by atoms with E-state index in [1.807, 2.05) is 18.2 Å². The van der Waals surface area contributed by atoms with E-state index in [-0.39, 0.29) is 0 Å². The van der Waals surface area contributed by atoms with E-state index in [2.05, 4.69) is 55.2 Å². The highest BCUT2D eigenvalue weighted by Crippen LogP contribution is 2.11. The Hall–Kier alpha value is -2.02. The molecule has 0 fully saturated rings. The van der Waals surface area contributed by atoms with Crippen molar-refractivity contribution in [3.8, 4) is 0 Å². The number of hydrogen-bond donors (Lipinski definition) is 1. The molecule has 2 aromatic carbocycles. The van der Waals surface area contributed by atoms with Gasteiger partial charge in [-0.25, -0.2) is 0 Å². The summed E-state index contributed by atoms with van der Waals surface area (Å²) in [4.78, 5) is 0. The van der Waals surface area contributed by atoms with Gasteiger partial charge in [0, 0.05) is 12.2 Å². The van der Waals surface area contributed by atoms with Gasteiger partial charge in [0.25, 0.3) is 0 Å². The van der Waals surface area contributed by atoms with Crippen LogP contribution < -0.4 is 5.32 Å². The zero-order valence-electron chi connectivity index (χ0n) is 10.1. The minimum Gasteiger partial charge on any atom is -0.381 e.